The normalized spacial score (nSPS) is 11.9. The maximum Gasteiger partial charge on any atom is 0.446 e. The van der Waals surface area contributed by atoms with E-state index in [4.69, 9.17) is 11.6 Å². The van der Waals surface area contributed by atoms with Gasteiger partial charge in [-0.05, 0) is 36.4 Å². The molecule has 0 saturated heterocycles. The largest absolute Gasteiger partial charge is 0.446 e. The lowest BCUT2D eigenvalue weighted by atomic mass is 10.2. The summed E-state index contributed by atoms with van der Waals surface area (Å²) in [4.78, 5) is -0.152. The molecule has 1 aromatic carbocycles. The Morgan fingerprint density at radius 1 is 1.29 bits per heavy atom. The van der Waals surface area contributed by atoms with Crippen molar-refractivity contribution in [2.45, 2.75) is 17.3 Å². The highest BCUT2D eigenvalue weighted by Gasteiger charge is 2.31. The number of benzene rings is 1. The molecule has 0 N–H and O–H groups in total. The lowest BCUT2D eigenvalue weighted by Gasteiger charge is -2.10. The Morgan fingerprint density at radius 3 is 2.29 bits per heavy atom. The molecule has 0 radical (unpaired) electrons. The van der Waals surface area contributed by atoms with Gasteiger partial charge >= 0.3 is 5.51 Å². The van der Waals surface area contributed by atoms with Gasteiger partial charge in [0.2, 0.25) is 0 Å². The van der Waals surface area contributed by atoms with Gasteiger partial charge in [-0.1, -0.05) is 11.6 Å². The standard InChI is InChI=1S/C8H5ClF4S/c1-4-2-5(10)3-6(9)7(4)14-8(11,12)13/h2-3H,1H3. The summed E-state index contributed by atoms with van der Waals surface area (Å²) in [7, 11) is 0. The zero-order valence-electron chi connectivity index (χ0n) is 6.95. The minimum absolute atomic E-state index is 0.152. The van der Waals surface area contributed by atoms with E-state index in [2.05, 4.69) is 0 Å². The van der Waals surface area contributed by atoms with Gasteiger partial charge in [-0.25, -0.2) is 4.39 Å². The predicted octanol–water partition coefficient (Wildman–Crippen LogP) is 4.40. The lowest BCUT2D eigenvalue weighted by molar-refractivity contribution is -0.0328. The molecule has 0 aliphatic carbocycles. The SMILES string of the molecule is Cc1cc(F)cc(Cl)c1SC(F)(F)F. The minimum Gasteiger partial charge on any atom is -0.207 e. The number of hydrogen-bond acceptors (Lipinski definition) is 1. The van der Waals surface area contributed by atoms with Crippen molar-refractivity contribution < 1.29 is 17.6 Å². The fraction of sp³-hybridized carbons (Fsp3) is 0.250. The average molecular weight is 245 g/mol. The molecule has 0 saturated carbocycles. The first kappa shape index (κ1) is 11.7. The topological polar surface area (TPSA) is 0 Å². The zero-order chi connectivity index (χ0) is 10.9. The highest BCUT2D eigenvalue weighted by Crippen LogP contribution is 2.42. The van der Waals surface area contributed by atoms with Crippen LogP contribution in [-0.4, -0.2) is 5.51 Å². The Hall–Kier alpha value is -0.420. The van der Waals surface area contributed by atoms with E-state index < -0.39 is 11.3 Å². The number of alkyl halides is 3. The summed E-state index contributed by atoms with van der Waals surface area (Å²) >= 11 is 5.14. The first-order valence-electron chi connectivity index (χ1n) is 3.51. The zero-order valence-corrected chi connectivity index (χ0v) is 8.53. The summed E-state index contributed by atoms with van der Waals surface area (Å²) in [6.45, 7) is 1.38. The molecule has 0 unspecified atom stereocenters. The quantitative estimate of drug-likeness (QED) is 0.521. The summed E-state index contributed by atoms with van der Waals surface area (Å²) < 4.78 is 48.7. The van der Waals surface area contributed by atoms with Crippen LogP contribution in [0, 0.1) is 12.7 Å². The molecule has 78 valence electrons. The Morgan fingerprint density at radius 2 is 1.86 bits per heavy atom. The van der Waals surface area contributed by atoms with Crippen molar-refractivity contribution in [3.63, 3.8) is 0 Å². The number of aryl methyl sites for hydroxylation is 1. The molecule has 0 spiro atoms. The Kier molecular flexibility index (Phi) is 3.32. The van der Waals surface area contributed by atoms with Gasteiger partial charge < -0.3 is 0 Å². The molecule has 0 aliphatic heterocycles. The van der Waals surface area contributed by atoms with E-state index in [0.29, 0.717) is 0 Å². The fourth-order valence-corrected chi connectivity index (χ4v) is 1.91. The van der Waals surface area contributed by atoms with Crippen LogP contribution in [0.5, 0.6) is 0 Å². The van der Waals surface area contributed by atoms with Crippen LogP contribution in [0.1, 0.15) is 5.56 Å². The van der Waals surface area contributed by atoms with Crippen LogP contribution in [0.2, 0.25) is 5.02 Å². The third-order valence-corrected chi connectivity index (χ3v) is 2.80. The summed E-state index contributed by atoms with van der Waals surface area (Å²) in [6.07, 6.45) is 0. The summed E-state index contributed by atoms with van der Waals surface area (Å²) in [5, 5.41) is -0.218. The van der Waals surface area contributed by atoms with E-state index in [1.54, 1.807) is 0 Å². The summed E-state index contributed by atoms with van der Waals surface area (Å²) in [5.41, 5.74) is -4.23. The maximum atomic E-state index is 12.7. The number of thioether (sulfide) groups is 1. The molecule has 1 rings (SSSR count). The van der Waals surface area contributed by atoms with Gasteiger partial charge in [-0.3, -0.25) is 0 Å². The van der Waals surface area contributed by atoms with E-state index in [1.165, 1.54) is 6.92 Å². The van der Waals surface area contributed by atoms with Crippen LogP contribution in [0.25, 0.3) is 0 Å². The molecule has 6 heteroatoms. The van der Waals surface area contributed by atoms with Crippen LogP contribution in [0.4, 0.5) is 17.6 Å². The number of halogens is 5. The summed E-state index contributed by atoms with van der Waals surface area (Å²) in [5.74, 6) is -0.640. The monoisotopic (exact) mass is 244 g/mol. The summed E-state index contributed by atoms with van der Waals surface area (Å²) in [6, 6.07) is 1.88. The Balaban J connectivity index is 3.09. The van der Waals surface area contributed by atoms with Crippen LogP contribution in [0.3, 0.4) is 0 Å². The molecule has 0 bridgehead atoms. The average Bonchev–Trinajstić information content (AvgIpc) is 1.95. The first-order valence-corrected chi connectivity index (χ1v) is 4.70. The molecule has 0 amide bonds. The molecule has 14 heavy (non-hydrogen) atoms. The minimum atomic E-state index is -4.41. The van der Waals surface area contributed by atoms with Crippen molar-refractivity contribution in [3.05, 3.63) is 28.5 Å². The van der Waals surface area contributed by atoms with E-state index >= 15 is 0 Å². The van der Waals surface area contributed by atoms with Gasteiger partial charge in [0.1, 0.15) is 5.82 Å². The number of rotatable bonds is 1. The van der Waals surface area contributed by atoms with Crippen LogP contribution in [-0.2, 0) is 0 Å². The van der Waals surface area contributed by atoms with Crippen LogP contribution in [0.15, 0.2) is 17.0 Å². The maximum absolute atomic E-state index is 12.7. The molecule has 1 aromatic rings. The van der Waals surface area contributed by atoms with E-state index in [0.717, 1.165) is 12.1 Å². The molecule has 0 atom stereocenters. The second kappa shape index (κ2) is 3.98. The molecule has 0 aliphatic rings. The smallest absolute Gasteiger partial charge is 0.207 e. The molecule has 0 nitrogen and oxygen atoms in total. The van der Waals surface area contributed by atoms with Gasteiger partial charge in [0, 0.05) is 4.90 Å². The van der Waals surface area contributed by atoms with Crippen molar-refractivity contribution in [1.29, 1.82) is 0 Å². The van der Waals surface area contributed by atoms with Crippen molar-refractivity contribution in [2.24, 2.45) is 0 Å². The van der Waals surface area contributed by atoms with Crippen molar-refractivity contribution in [3.8, 4) is 0 Å². The predicted molar refractivity (Wildman–Crippen MR) is 48.1 cm³/mol. The third-order valence-electron chi connectivity index (χ3n) is 1.41. The molecular formula is C8H5ClF4S. The molecular weight excluding hydrogens is 240 g/mol. The van der Waals surface area contributed by atoms with Gasteiger partial charge in [-0.2, -0.15) is 13.2 Å². The van der Waals surface area contributed by atoms with Crippen molar-refractivity contribution in [2.75, 3.05) is 0 Å². The second-order valence-electron chi connectivity index (χ2n) is 2.58. The molecule has 0 heterocycles. The van der Waals surface area contributed by atoms with E-state index in [9.17, 15) is 17.6 Å². The lowest BCUT2D eigenvalue weighted by Crippen LogP contribution is -2.00. The molecule has 0 aromatic heterocycles. The van der Waals surface area contributed by atoms with Crippen molar-refractivity contribution in [1.82, 2.24) is 0 Å². The fourth-order valence-electron chi connectivity index (χ4n) is 0.934. The van der Waals surface area contributed by atoms with Gasteiger partial charge in [0.25, 0.3) is 0 Å². The van der Waals surface area contributed by atoms with Gasteiger partial charge in [-0.15, -0.1) is 0 Å². The second-order valence-corrected chi connectivity index (χ2v) is 4.06. The van der Waals surface area contributed by atoms with Gasteiger partial charge in [0.15, 0.2) is 0 Å². The van der Waals surface area contributed by atoms with Crippen LogP contribution < -0.4 is 0 Å². The van der Waals surface area contributed by atoms with Crippen LogP contribution >= 0.6 is 23.4 Å². The third kappa shape index (κ3) is 3.06. The number of hydrogen-bond donors (Lipinski definition) is 0. The Labute approximate surface area is 87.2 Å². The van der Waals surface area contributed by atoms with E-state index in [-0.39, 0.29) is 27.2 Å². The van der Waals surface area contributed by atoms with Crippen molar-refractivity contribution >= 4 is 23.4 Å². The van der Waals surface area contributed by atoms with E-state index in [1.807, 2.05) is 0 Å². The first-order chi connectivity index (χ1) is 6.29. The highest BCUT2D eigenvalue weighted by molar-refractivity contribution is 8.00. The van der Waals surface area contributed by atoms with Gasteiger partial charge in [0.05, 0.1) is 5.02 Å². The highest BCUT2D eigenvalue weighted by atomic mass is 35.5. The molecule has 0 fully saturated rings. The Bertz CT molecular complexity index is 325.